The Morgan fingerprint density at radius 3 is 1.13 bits per heavy atom. The van der Waals surface area contributed by atoms with E-state index in [1.54, 1.807) is 19.4 Å². The molecule has 228 valence electrons. The minimum atomic E-state index is 0. The zero-order chi connectivity index (χ0) is 30.5. The van der Waals surface area contributed by atoms with Gasteiger partial charge in [0.05, 0.1) is 23.3 Å². The molecule has 3 aliphatic heterocycles. The Balaban J connectivity index is 0.00000324. The Hall–Kier alpha value is -6.30. The quantitative estimate of drug-likeness (QED) is 0.217. The topological polar surface area (TPSA) is 146 Å². The first kappa shape index (κ1) is 28.2. The number of nitrogens with zero attached hydrogens (tertiary/aromatic N) is 14. The van der Waals surface area contributed by atoms with Crippen molar-refractivity contribution in [1.82, 2.24) is 29.5 Å². The van der Waals surface area contributed by atoms with Crippen LogP contribution in [0.15, 0.2) is 142 Å². The van der Waals surface area contributed by atoms with E-state index in [4.69, 9.17) is 51.0 Å². The van der Waals surface area contributed by atoms with Crippen molar-refractivity contribution in [3.8, 4) is 11.4 Å². The van der Waals surface area contributed by atoms with Gasteiger partial charge in [0.25, 0.3) is 0 Å². The van der Waals surface area contributed by atoms with E-state index in [9.17, 15) is 0 Å². The van der Waals surface area contributed by atoms with Gasteiger partial charge >= 0.3 is 20.4 Å². The van der Waals surface area contributed by atoms with Gasteiger partial charge in [-0.3, -0.25) is 20.2 Å². The monoisotopic (exact) mass is 706 g/mol. The predicted molar refractivity (Wildman–Crippen MR) is 175 cm³/mol. The van der Waals surface area contributed by atoms with Gasteiger partial charge < -0.3 is 20.7 Å². The summed E-state index contributed by atoms with van der Waals surface area (Å²) in [6.07, 6.45) is 0. The molecular formula is C32H20N14Pd. The van der Waals surface area contributed by atoms with Crippen LogP contribution in [0.25, 0.3) is 22.0 Å². The van der Waals surface area contributed by atoms with Gasteiger partial charge in [0.1, 0.15) is 11.7 Å². The van der Waals surface area contributed by atoms with E-state index >= 15 is 0 Å². The first-order valence-electron chi connectivity index (χ1n) is 14.3. The molecule has 5 heterocycles. The van der Waals surface area contributed by atoms with Gasteiger partial charge in [0.2, 0.25) is 0 Å². The van der Waals surface area contributed by atoms with Gasteiger partial charge in [-0.05, 0) is 48.5 Å². The Morgan fingerprint density at radius 1 is 0.426 bits per heavy atom. The number of rotatable bonds is 4. The third-order valence-corrected chi connectivity index (χ3v) is 7.16. The summed E-state index contributed by atoms with van der Waals surface area (Å²) in [7, 11) is 0. The van der Waals surface area contributed by atoms with E-state index in [0.717, 1.165) is 22.7 Å². The number of aromatic nitrogens is 6. The molecule has 9 rings (SSSR count). The van der Waals surface area contributed by atoms with Crippen LogP contribution in [0, 0.1) is 0 Å². The molecule has 0 saturated carbocycles. The zero-order valence-electron chi connectivity index (χ0n) is 24.1. The summed E-state index contributed by atoms with van der Waals surface area (Å²) in [6, 6.07) is 38.4. The number of hydrogen-bond donors (Lipinski definition) is 0. The van der Waals surface area contributed by atoms with E-state index in [0.29, 0.717) is 0 Å². The van der Waals surface area contributed by atoms with E-state index in [1.165, 1.54) is 0 Å². The molecule has 8 bridgehead atoms. The average Bonchev–Trinajstić information content (AvgIpc) is 3.92. The molecular weight excluding hydrogens is 687 g/mol. The smallest absolute Gasteiger partial charge is 0.317 e. The fourth-order valence-corrected chi connectivity index (χ4v) is 5.03. The molecule has 15 heteroatoms. The van der Waals surface area contributed by atoms with Crippen LogP contribution in [0.4, 0.5) is 23.3 Å². The van der Waals surface area contributed by atoms with E-state index in [-0.39, 0.29) is 67.6 Å². The number of hydrogen-bond acceptors (Lipinski definition) is 10. The second kappa shape index (κ2) is 11.6. The molecule has 0 spiro atoms. The van der Waals surface area contributed by atoms with Crippen LogP contribution in [-0.4, -0.2) is 53.1 Å². The molecule has 0 N–H and O–H groups in total. The minimum Gasteiger partial charge on any atom is -0.317 e. The zero-order valence-corrected chi connectivity index (χ0v) is 25.7. The summed E-state index contributed by atoms with van der Waals surface area (Å²) in [5.74, 6) is 2.03. The summed E-state index contributed by atoms with van der Waals surface area (Å²) in [5, 5.41) is 32.0. The van der Waals surface area contributed by atoms with Gasteiger partial charge in [-0.15, -0.1) is 10.2 Å². The van der Waals surface area contributed by atoms with Gasteiger partial charge in [-0.25, -0.2) is 9.36 Å². The molecule has 0 amide bonds. The Morgan fingerprint density at radius 2 is 0.766 bits per heavy atom. The maximum Gasteiger partial charge on any atom is 2.00 e. The van der Waals surface area contributed by atoms with Crippen LogP contribution in [0.3, 0.4) is 0 Å². The van der Waals surface area contributed by atoms with Crippen molar-refractivity contribution < 1.29 is 20.4 Å². The molecule has 2 aromatic heterocycles. The summed E-state index contributed by atoms with van der Waals surface area (Å²) < 4.78 is 3.25. The van der Waals surface area contributed by atoms with Gasteiger partial charge in [-0.2, -0.15) is 9.97 Å². The summed E-state index contributed by atoms with van der Waals surface area (Å²) >= 11 is 0. The number of anilines is 2. The van der Waals surface area contributed by atoms with Crippen molar-refractivity contribution in [1.29, 1.82) is 0 Å². The summed E-state index contributed by atoms with van der Waals surface area (Å²) in [6.45, 7) is 0. The molecule has 14 nitrogen and oxygen atoms in total. The number of fused-ring (bicyclic) bond motifs is 10. The van der Waals surface area contributed by atoms with Crippen LogP contribution in [0.2, 0.25) is 0 Å². The van der Waals surface area contributed by atoms with Crippen LogP contribution < -0.4 is 10.0 Å². The molecule has 0 atom stereocenters. The van der Waals surface area contributed by atoms with Crippen molar-refractivity contribution in [3.63, 3.8) is 0 Å². The number of hydrazone groups is 2. The molecule has 6 aromatic rings. The first-order valence-corrected chi connectivity index (χ1v) is 14.3. The van der Waals surface area contributed by atoms with E-state index in [1.807, 2.05) is 121 Å². The third kappa shape index (κ3) is 5.05. The molecule has 3 aliphatic rings. The van der Waals surface area contributed by atoms with Gasteiger partial charge in [0, 0.05) is 11.4 Å². The molecule has 0 fully saturated rings. The number of benzene rings is 4. The van der Waals surface area contributed by atoms with Gasteiger partial charge in [-0.1, -0.05) is 72.8 Å². The van der Waals surface area contributed by atoms with Crippen LogP contribution >= 0.6 is 0 Å². The standard InChI is InChI=1S/C32H20N14.Pd/c1-5-13-21(14-6-1)43-29-33-25(39-43)26-34-31(45(40-26)23-17-9-3-10-18-23)38-32-36-28(42-46(32)24-19-11-4-12-20-24)27-35-30(37-29)44(41-27)22-15-7-2-8-16-22;/h1-20H;/q-2;+2. The number of guanidine groups is 2. The van der Waals surface area contributed by atoms with Gasteiger partial charge in [0.15, 0.2) is 23.5 Å². The van der Waals surface area contributed by atoms with Crippen molar-refractivity contribution >= 4 is 46.9 Å². The number of para-hydroxylation sites is 4. The molecule has 0 unspecified atom stereocenters. The van der Waals surface area contributed by atoms with E-state index < -0.39 is 0 Å². The molecule has 0 aliphatic carbocycles. The van der Waals surface area contributed by atoms with Crippen molar-refractivity contribution in [2.24, 2.45) is 20.2 Å². The minimum absolute atomic E-state index is 0. The second-order valence-corrected chi connectivity index (χ2v) is 10.2. The van der Waals surface area contributed by atoms with Crippen LogP contribution in [-0.2, 0) is 20.4 Å². The average molecular weight is 707 g/mol. The van der Waals surface area contributed by atoms with E-state index in [2.05, 4.69) is 0 Å². The maximum atomic E-state index is 4.88. The summed E-state index contributed by atoms with van der Waals surface area (Å²) in [4.78, 5) is 19.4. The number of amidine groups is 2. The Labute approximate surface area is 281 Å². The predicted octanol–water partition coefficient (Wildman–Crippen LogP) is 5.65. The molecule has 47 heavy (non-hydrogen) atoms. The fraction of sp³-hybridized carbons (Fsp3) is 0. The van der Waals surface area contributed by atoms with Crippen molar-refractivity contribution in [3.05, 3.63) is 144 Å². The maximum absolute atomic E-state index is 4.88. The normalized spacial score (nSPS) is 14.6. The van der Waals surface area contributed by atoms with Crippen molar-refractivity contribution in [2.75, 3.05) is 10.0 Å². The Bertz CT molecular complexity index is 2050. The SMILES string of the molecule is [Pd+2].c1ccc(N2N=C3[N-]C2=Nc2nc(nn2-c2ccccc2)C2=NN(c4ccccc4)C(=Nc4nc3nn4-c3ccccc3)[N-]2)cc1. The number of aliphatic imine (C=N–C) groups is 2. The Kier molecular flexibility index (Phi) is 6.94. The van der Waals surface area contributed by atoms with Crippen LogP contribution in [0.1, 0.15) is 11.6 Å². The van der Waals surface area contributed by atoms with Crippen LogP contribution in [0.5, 0.6) is 0 Å². The summed E-state index contributed by atoms with van der Waals surface area (Å²) in [5.41, 5.74) is 2.98. The first-order chi connectivity index (χ1) is 22.8. The third-order valence-electron chi connectivity index (χ3n) is 7.16. The largest absolute Gasteiger partial charge is 2.00 e. The molecule has 0 saturated heterocycles. The molecule has 0 radical (unpaired) electrons. The second-order valence-electron chi connectivity index (χ2n) is 10.2. The fourth-order valence-electron chi connectivity index (χ4n) is 5.03. The van der Waals surface area contributed by atoms with Crippen molar-refractivity contribution in [2.45, 2.75) is 0 Å². The molecule has 4 aromatic carbocycles.